The van der Waals surface area contributed by atoms with E-state index >= 15 is 0 Å². The average molecular weight is 301 g/mol. The van der Waals surface area contributed by atoms with Gasteiger partial charge < -0.3 is 9.47 Å². The summed E-state index contributed by atoms with van der Waals surface area (Å²) in [5.41, 5.74) is -0.115. The van der Waals surface area contributed by atoms with Crippen LogP contribution in [0.25, 0.3) is 0 Å². The van der Waals surface area contributed by atoms with Gasteiger partial charge in [-0.1, -0.05) is 12.8 Å². The van der Waals surface area contributed by atoms with E-state index in [4.69, 9.17) is 20.2 Å². The maximum atomic E-state index is 10.6. The van der Waals surface area contributed by atoms with Gasteiger partial charge in [-0.2, -0.15) is 0 Å². The molecule has 110 valence electrons. The van der Waals surface area contributed by atoms with Crippen LogP contribution in [0.5, 0.6) is 0 Å². The Hall–Kier alpha value is 0.160. The molecule has 0 saturated carbocycles. The lowest BCUT2D eigenvalue weighted by Crippen LogP contribution is -2.21. The minimum atomic E-state index is -3.32. The number of ether oxygens (including phenoxy) is 2. The summed E-state index contributed by atoms with van der Waals surface area (Å²) < 4.78 is 32.2. The monoisotopic (exact) mass is 300 g/mol. The van der Waals surface area contributed by atoms with Crippen LogP contribution in [0.3, 0.4) is 0 Å². The molecule has 0 aliphatic heterocycles. The molecule has 0 spiro atoms. The molecule has 0 saturated heterocycles. The summed E-state index contributed by atoms with van der Waals surface area (Å²) >= 11 is 0. The SMILES string of the molecule is CC(C)(C)OCCOCCCCCCS(=O)(=O)Cl. The first-order valence-electron chi connectivity index (χ1n) is 6.35. The molecule has 0 unspecified atom stereocenters. The number of hydrogen-bond donors (Lipinski definition) is 0. The number of hydrogen-bond acceptors (Lipinski definition) is 4. The topological polar surface area (TPSA) is 52.6 Å². The Kier molecular flexibility index (Phi) is 9.21. The summed E-state index contributed by atoms with van der Waals surface area (Å²) in [4.78, 5) is 0. The third-order valence-electron chi connectivity index (χ3n) is 2.19. The molecule has 6 heteroatoms. The van der Waals surface area contributed by atoms with Crippen LogP contribution in [-0.2, 0) is 18.5 Å². The van der Waals surface area contributed by atoms with Crippen LogP contribution in [0.2, 0.25) is 0 Å². The van der Waals surface area contributed by atoms with Crippen molar-refractivity contribution >= 4 is 19.7 Å². The van der Waals surface area contributed by atoms with Crippen LogP contribution >= 0.6 is 10.7 Å². The molecule has 0 N–H and O–H groups in total. The third-order valence-corrected chi connectivity index (χ3v) is 3.43. The molecule has 0 heterocycles. The summed E-state index contributed by atoms with van der Waals surface area (Å²) in [7, 11) is 1.78. The van der Waals surface area contributed by atoms with E-state index in [1.54, 1.807) is 0 Å². The van der Waals surface area contributed by atoms with Gasteiger partial charge in [0, 0.05) is 17.3 Å². The van der Waals surface area contributed by atoms with Gasteiger partial charge >= 0.3 is 0 Å². The van der Waals surface area contributed by atoms with Gasteiger partial charge in [0.1, 0.15) is 0 Å². The minimum Gasteiger partial charge on any atom is -0.379 e. The molecule has 4 nitrogen and oxygen atoms in total. The summed E-state index contributed by atoms with van der Waals surface area (Å²) in [5.74, 6) is 0.0643. The molecule has 0 fully saturated rings. The highest BCUT2D eigenvalue weighted by molar-refractivity contribution is 8.13. The van der Waals surface area contributed by atoms with Gasteiger partial charge in [-0.05, 0) is 33.6 Å². The summed E-state index contributed by atoms with van der Waals surface area (Å²) in [5, 5.41) is 0. The van der Waals surface area contributed by atoms with Crippen molar-refractivity contribution in [2.75, 3.05) is 25.6 Å². The fraction of sp³-hybridized carbons (Fsp3) is 1.00. The zero-order chi connectivity index (χ0) is 14.1. The zero-order valence-corrected chi connectivity index (χ0v) is 13.1. The molecule has 0 aliphatic carbocycles. The quantitative estimate of drug-likeness (QED) is 0.460. The summed E-state index contributed by atoms with van der Waals surface area (Å²) in [6, 6.07) is 0. The van der Waals surface area contributed by atoms with E-state index in [0.29, 0.717) is 26.2 Å². The number of halogens is 1. The summed E-state index contributed by atoms with van der Waals surface area (Å²) in [6.07, 6.45) is 3.40. The Balaban J connectivity index is 3.17. The van der Waals surface area contributed by atoms with Crippen LogP contribution in [0.15, 0.2) is 0 Å². The minimum absolute atomic E-state index is 0.0643. The van der Waals surface area contributed by atoms with Crippen molar-refractivity contribution in [3.8, 4) is 0 Å². The highest BCUT2D eigenvalue weighted by Gasteiger charge is 2.08. The lowest BCUT2D eigenvalue weighted by molar-refractivity contribution is -0.0351. The van der Waals surface area contributed by atoms with Crippen molar-refractivity contribution in [2.45, 2.75) is 52.1 Å². The Morgan fingerprint density at radius 2 is 1.56 bits per heavy atom. The molecule has 0 amide bonds. The van der Waals surface area contributed by atoms with E-state index < -0.39 is 9.05 Å². The maximum Gasteiger partial charge on any atom is 0.232 e. The molecule has 18 heavy (non-hydrogen) atoms. The van der Waals surface area contributed by atoms with Gasteiger partial charge in [0.25, 0.3) is 0 Å². The van der Waals surface area contributed by atoms with Crippen LogP contribution in [0.4, 0.5) is 0 Å². The maximum absolute atomic E-state index is 10.6. The Morgan fingerprint density at radius 1 is 0.944 bits per heavy atom. The van der Waals surface area contributed by atoms with Crippen molar-refractivity contribution in [3.63, 3.8) is 0 Å². The second-order valence-electron chi connectivity index (χ2n) is 5.23. The highest BCUT2D eigenvalue weighted by Crippen LogP contribution is 2.07. The predicted octanol–water partition coefficient (Wildman–Crippen LogP) is 2.95. The second-order valence-corrected chi connectivity index (χ2v) is 8.13. The lowest BCUT2D eigenvalue weighted by atomic mass is 10.2. The van der Waals surface area contributed by atoms with Crippen molar-refractivity contribution in [1.82, 2.24) is 0 Å². The van der Waals surface area contributed by atoms with Crippen LogP contribution in [-0.4, -0.2) is 39.6 Å². The van der Waals surface area contributed by atoms with Crippen LogP contribution in [0, 0.1) is 0 Å². The first-order valence-corrected chi connectivity index (χ1v) is 8.82. The molecule has 0 aromatic heterocycles. The molecule has 0 radical (unpaired) electrons. The molecule has 0 aromatic rings. The standard InChI is InChI=1S/C12H25ClO4S/c1-12(2,3)17-10-9-16-8-6-4-5-7-11-18(13,14)15/h4-11H2,1-3H3. The van der Waals surface area contributed by atoms with E-state index in [9.17, 15) is 8.42 Å². The highest BCUT2D eigenvalue weighted by atomic mass is 35.7. The fourth-order valence-corrected chi connectivity index (χ4v) is 2.22. The molecular formula is C12H25ClO4S. The van der Waals surface area contributed by atoms with Crippen molar-refractivity contribution in [2.24, 2.45) is 0 Å². The van der Waals surface area contributed by atoms with Gasteiger partial charge in [-0.3, -0.25) is 0 Å². The number of unbranched alkanes of at least 4 members (excludes halogenated alkanes) is 3. The zero-order valence-electron chi connectivity index (χ0n) is 11.6. The van der Waals surface area contributed by atoms with Gasteiger partial charge in [-0.15, -0.1) is 0 Å². The second kappa shape index (κ2) is 9.13. The number of rotatable bonds is 10. The molecule has 0 bridgehead atoms. The van der Waals surface area contributed by atoms with Gasteiger partial charge in [-0.25, -0.2) is 8.42 Å². The molecular weight excluding hydrogens is 276 g/mol. The van der Waals surface area contributed by atoms with Crippen molar-refractivity contribution in [1.29, 1.82) is 0 Å². The Labute approximate surface area is 115 Å². The van der Waals surface area contributed by atoms with E-state index in [-0.39, 0.29) is 11.4 Å². The molecule has 0 atom stereocenters. The molecule has 0 aliphatic rings. The first-order chi connectivity index (χ1) is 8.21. The van der Waals surface area contributed by atoms with E-state index in [1.807, 2.05) is 20.8 Å². The smallest absolute Gasteiger partial charge is 0.232 e. The fourth-order valence-electron chi connectivity index (χ4n) is 1.34. The lowest BCUT2D eigenvalue weighted by Gasteiger charge is -2.19. The van der Waals surface area contributed by atoms with Crippen molar-refractivity contribution in [3.05, 3.63) is 0 Å². The molecule has 0 rings (SSSR count). The average Bonchev–Trinajstić information content (AvgIpc) is 2.17. The Bertz CT molecular complexity index is 296. The Morgan fingerprint density at radius 3 is 2.11 bits per heavy atom. The predicted molar refractivity (Wildman–Crippen MR) is 74.6 cm³/mol. The van der Waals surface area contributed by atoms with Gasteiger partial charge in [0.15, 0.2) is 0 Å². The van der Waals surface area contributed by atoms with Crippen LogP contribution < -0.4 is 0 Å². The van der Waals surface area contributed by atoms with E-state index in [1.165, 1.54) is 0 Å². The third kappa shape index (κ3) is 16.2. The van der Waals surface area contributed by atoms with Crippen molar-refractivity contribution < 1.29 is 17.9 Å². The van der Waals surface area contributed by atoms with Gasteiger partial charge in [0.05, 0.1) is 24.6 Å². The van der Waals surface area contributed by atoms with Gasteiger partial charge in [0.2, 0.25) is 9.05 Å². The summed E-state index contributed by atoms with van der Waals surface area (Å²) in [6.45, 7) is 7.94. The molecule has 0 aromatic carbocycles. The first kappa shape index (κ1) is 18.2. The van der Waals surface area contributed by atoms with Crippen LogP contribution in [0.1, 0.15) is 46.5 Å². The van der Waals surface area contributed by atoms with E-state index in [2.05, 4.69) is 0 Å². The largest absolute Gasteiger partial charge is 0.379 e. The normalized spacial score (nSPS) is 12.9. The van der Waals surface area contributed by atoms with E-state index in [0.717, 1.165) is 19.3 Å².